The highest BCUT2D eigenvalue weighted by Crippen LogP contribution is 2.32. The van der Waals surface area contributed by atoms with Crippen LogP contribution in [0, 0.1) is 0 Å². The van der Waals surface area contributed by atoms with Crippen molar-refractivity contribution in [3.8, 4) is 11.5 Å². The molecule has 2 heterocycles. The molecule has 0 bridgehead atoms. The number of thioether (sulfide) groups is 1. The third-order valence-electron chi connectivity index (χ3n) is 3.62. The van der Waals surface area contributed by atoms with Crippen molar-refractivity contribution in [2.75, 3.05) is 31.4 Å². The maximum Gasteiger partial charge on any atom is 0.246 e. The third-order valence-corrected chi connectivity index (χ3v) is 4.56. The van der Waals surface area contributed by atoms with Crippen LogP contribution in [0.2, 0.25) is 0 Å². The average Bonchev–Trinajstić information content (AvgIpc) is 3.00. The molecule has 0 aromatic heterocycles. The molecule has 0 spiro atoms. The number of ether oxygens (including phenoxy) is 2. The zero-order chi connectivity index (χ0) is 14.5. The van der Waals surface area contributed by atoms with Gasteiger partial charge in [-0.3, -0.25) is 4.79 Å². The molecule has 2 aliphatic rings. The molecule has 0 aliphatic carbocycles. The first-order valence-electron chi connectivity index (χ1n) is 7.24. The van der Waals surface area contributed by atoms with Gasteiger partial charge >= 0.3 is 0 Å². The number of allylic oxidation sites excluding steroid dienone is 1. The summed E-state index contributed by atoms with van der Waals surface area (Å²) >= 11 is 1.91. The summed E-state index contributed by atoms with van der Waals surface area (Å²) in [5.41, 5.74) is 1.20. The van der Waals surface area contributed by atoms with Crippen molar-refractivity contribution in [1.82, 2.24) is 4.90 Å². The number of hydrogen-bond acceptors (Lipinski definition) is 4. The van der Waals surface area contributed by atoms with Crippen LogP contribution < -0.4 is 9.47 Å². The zero-order valence-electron chi connectivity index (χ0n) is 11.9. The maximum atomic E-state index is 12.0. The fourth-order valence-electron chi connectivity index (χ4n) is 2.42. The number of benzene rings is 1. The van der Waals surface area contributed by atoms with E-state index in [1.165, 1.54) is 5.56 Å². The second kappa shape index (κ2) is 6.89. The van der Waals surface area contributed by atoms with E-state index in [1.807, 2.05) is 40.9 Å². The van der Waals surface area contributed by atoms with E-state index in [0.29, 0.717) is 6.79 Å². The Balaban J connectivity index is 1.47. The largest absolute Gasteiger partial charge is 0.454 e. The van der Waals surface area contributed by atoms with E-state index in [4.69, 9.17) is 9.47 Å². The van der Waals surface area contributed by atoms with Gasteiger partial charge in [0.2, 0.25) is 12.7 Å². The molecule has 0 saturated carbocycles. The van der Waals surface area contributed by atoms with Crippen LogP contribution in [0.25, 0.3) is 0 Å². The van der Waals surface area contributed by atoms with Crippen molar-refractivity contribution in [2.45, 2.75) is 12.8 Å². The van der Waals surface area contributed by atoms with Gasteiger partial charge in [0.15, 0.2) is 11.5 Å². The number of amides is 1. The molecule has 1 fully saturated rings. The Kier molecular flexibility index (Phi) is 4.70. The molecule has 5 heteroatoms. The lowest BCUT2D eigenvalue weighted by Gasteiger charge is -2.25. The predicted molar refractivity (Wildman–Crippen MR) is 83.9 cm³/mol. The first kappa shape index (κ1) is 14.3. The molecule has 4 nitrogen and oxygen atoms in total. The summed E-state index contributed by atoms with van der Waals surface area (Å²) in [6.45, 7) is 2.05. The highest BCUT2D eigenvalue weighted by molar-refractivity contribution is 7.99. The molecule has 2 aliphatic heterocycles. The minimum atomic E-state index is 0.140. The summed E-state index contributed by atoms with van der Waals surface area (Å²) in [7, 11) is 0. The van der Waals surface area contributed by atoms with Crippen molar-refractivity contribution in [3.05, 3.63) is 35.9 Å². The molecule has 21 heavy (non-hydrogen) atoms. The van der Waals surface area contributed by atoms with Crippen LogP contribution in [0.5, 0.6) is 11.5 Å². The smallest absolute Gasteiger partial charge is 0.246 e. The van der Waals surface area contributed by atoms with Crippen LogP contribution in [-0.2, 0) is 11.2 Å². The molecular weight excluding hydrogens is 286 g/mol. The molecule has 0 radical (unpaired) electrons. The Bertz CT molecular complexity index is 538. The van der Waals surface area contributed by atoms with E-state index in [9.17, 15) is 4.79 Å². The van der Waals surface area contributed by atoms with Gasteiger partial charge in [-0.05, 0) is 36.6 Å². The van der Waals surface area contributed by atoms with Crippen LogP contribution in [0.15, 0.2) is 30.4 Å². The van der Waals surface area contributed by atoms with Gasteiger partial charge in [0, 0.05) is 24.6 Å². The predicted octanol–water partition coefficient (Wildman–Crippen LogP) is 2.48. The van der Waals surface area contributed by atoms with Crippen molar-refractivity contribution in [3.63, 3.8) is 0 Å². The number of nitrogens with zero attached hydrogens (tertiary/aromatic N) is 1. The summed E-state index contributed by atoms with van der Waals surface area (Å²) in [5, 5.41) is 0. The molecule has 0 unspecified atom stereocenters. The zero-order valence-corrected chi connectivity index (χ0v) is 12.7. The quantitative estimate of drug-likeness (QED) is 0.801. The van der Waals surface area contributed by atoms with E-state index in [0.717, 1.165) is 48.9 Å². The van der Waals surface area contributed by atoms with Gasteiger partial charge in [-0.2, -0.15) is 11.8 Å². The Labute approximate surface area is 129 Å². The summed E-state index contributed by atoms with van der Waals surface area (Å²) in [6.07, 6.45) is 5.43. The molecule has 1 aromatic rings. The second-order valence-electron chi connectivity index (χ2n) is 5.07. The number of fused-ring (bicyclic) bond motifs is 1. The van der Waals surface area contributed by atoms with Crippen LogP contribution >= 0.6 is 11.8 Å². The highest BCUT2D eigenvalue weighted by Gasteiger charge is 2.14. The number of aryl methyl sites for hydroxylation is 1. The lowest BCUT2D eigenvalue weighted by molar-refractivity contribution is -0.125. The molecule has 0 N–H and O–H groups in total. The first-order chi connectivity index (χ1) is 10.3. The SMILES string of the molecule is O=C(/C=C/CCc1ccc2c(c1)OCO2)N1CCSCC1. The Morgan fingerprint density at radius 3 is 2.90 bits per heavy atom. The van der Waals surface area contributed by atoms with Crippen LogP contribution in [-0.4, -0.2) is 42.2 Å². The van der Waals surface area contributed by atoms with Crippen LogP contribution in [0.4, 0.5) is 0 Å². The summed E-state index contributed by atoms with van der Waals surface area (Å²) < 4.78 is 10.6. The monoisotopic (exact) mass is 305 g/mol. The van der Waals surface area contributed by atoms with Gasteiger partial charge in [-0.25, -0.2) is 0 Å². The average molecular weight is 305 g/mol. The lowest BCUT2D eigenvalue weighted by Crippen LogP contribution is -2.36. The minimum Gasteiger partial charge on any atom is -0.454 e. The van der Waals surface area contributed by atoms with Gasteiger partial charge < -0.3 is 14.4 Å². The second-order valence-corrected chi connectivity index (χ2v) is 6.29. The molecule has 1 amide bonds. The van der Waals surface area contributed by atoms with E-state index < -0.39 is 0 Å². The van der Waals surface area contributed by atoms with Crippen molar-refractivity contribution >= 4 is 17.7 Å². The van der Waals surface area contributed by atoms with Gasteiger partial charge in [-0.15, -0.1) is 0 Å². The Morgan fingerprint density at radius 2 is 2.05 bits per heavy atom. The summed E-state index contributed by atoms with van der Waals surface area (Å²) in [4.78, 5) is 13.9. The van der Waals surface area contributed by atoms with E-state index in [-0.39, 0.29) is 5.91 Å². The minimum absolute atomic E-state index is 0.140. The van der Waals surface area contributed by atoms with E-state index in [1.54, 1.807) is 6.08 Å². The number of rotatable bonds is 4. The van der Waals surface area contributed by atoms with Crippen molar-refractivity contribution < 1.29 is 14.3 Å². The van der Waals surface area contributed by atoms with Crippen LogP contribution in [0.3, 0.4) is 0 Å². The fraction of sp³-hybridized carbons (Fsp3) is 0.438. The standard InChI is InChI=1S/C16H19NO3S/c18-16(17-7-9-21-10-8-17)4-2-1-3-13-5-6-14-15(11-13)20-12-19-14/h2,4-6,11H,1,3,7-10,12H2/b4-2+. The lowest BCUT2D eigenvalue weighted by atomic mass is 10.1. The molecule has 0 atom stereocenters. The van der Waals surface area contributed by atoms with E-state index >= 15 is 0 Å². The maximum absolute atomic E-state index is 12.0. The molecule has 1 saturated heterocycles. The highest BCUT2D eigenvalue weighted by atomic mass is 32.2. The normalized spacial score (nSPS) is 17.4. The summed E-state index contributed by atoms with van der Waals surface area (Å²) in [6, 6.07) is 6.00. The molecule has 112 valence electrons. The Hall–Kier alpha value is -1.62. The first-order valence-corrected chi connectivity index (χ1v) is 8.40. The fourth-order valence-corrected chi connectivity index (χ4v) is 3.32. The molecule has 1 aromatic carbocycles. The van der Waals surface area contributed by atoms with E-state index in [2.05, 4.69) is 0 Å². The topological polar surface area (TPSA) is 38.8 Å². The van der Waals surface area contributed by atoms with Gasteiger partial charge in [0.1, 0.15) is 0 Å². The van der Waals surface area contributed by atoms with Crippen molar-refractivity contribution in [1.29, 1.82) is 0 Å². The van der Waals surface area contributed by atoms with Gasteiger partial charge in [0.25, 0.3) is 0 Å². The Morgan fingerprint density at radius 1 is 1.24 bits per heavy atom. The molecule has 3 rings (SSSR count). The number of hydrogen-bond donors (Lipinski definition) is 0. The number of carbonyl (C=O) groups excluding carboxylic acids is 1. The van der Waals surface area contributed by atoms with Gasteiger partial charge in [0.05, 0.1) is 0 Å². The summed E-state index contributed by atoms with van der Waals surface area (Å²) in [5.74, 6) is 3.87. The third kappa shape index (κ3) is 3.73. The molecular formula is C16H19NO3S. The van der Waals surface area contributed by atoms with Gasteiger partial charge in [-0.1, -0.05) is 12.1 Å². The number of carbonyl (C=O) groups is 1. The van der Waals surface area contributed by atoms with Crippen molar-refractivity contribution in [2.24, 2.45) is 0 Å². The van der Waals surface area contributed by atoms with Crippen LogP contribution in [0.1, 0.15) is 12.0 Å².